The van der Waals surface area contributed by atoms with Gasteiger partial charge in [-0.15, -0.1) is 0 Å². The van der Waals surface area contributed by atoms with Crippen molar-refractivity contribution in [1.82, 2.24) is 5.32 Å². The van der Waals surface area contributed by atoms with Gasteiger partial charge in [-0.2, -0.15) is 0 Å². The number of methoxy groups -OCH3 is 1. The fourth-order valence-electron chi connectivity index (χ4n) is 2.16. The van der Waals surface area contributed by atoms with Gasteiger partial charge in [0, 0.05) is 24.1 Å². The van der Waals surface area contributed by atoms with Gasteiger partial charge in [0.2, 0.25) is 0 Å². The molecule has 1 heterocycles. The Hall–Kier alpha value is -0.590. The molecule has 18 heavy (non-hydrogen) atoms. The average molecular weight is 357 g/mol. The topological polar surface area (TPSA) is 34.4 Å². The number of para-hydroxylation sites is 1. The lowest BCUT2D eigenvalue weighted by Gasteiger charge is -2.03. The highest BCUT2D eigenvalue weighted by atomic mass is 127. The lowest BCUT2D eigenvalue weighted by Crippen LogP contribution is -2.15. The first-order chi connectivity index (χ1) is 8.79. The Kier molecular flexibility index (Phi) is 3.59. The lowest BCUT2D eigenvalue weighted by atomic mass is 10.1. The van der Waals surface area contributed by atoms with E-state index in [1.807, 2.05) is 0 Å². The molecule has 96 valence electrons. The van der Waals surface area contributed by atoms with Gasteiger partial charge < -0.3 is 14.5 Å². The fourth-order valence-corrected chi connectivity index (χ4v) is 2.76. The summed E-state index contributed by atoms with van der Waals surface area (Å²) in [5, 5.41) is 4.68. The largest absolute Gasteiger partial charge is 0.458 e. The van der Waals surface area contributed by atoms with Crippen LogP contribution < -0.4 is 5.32 Å². The first-order valence-corrected chi connectivity index (χ1v) is 7.28. The van der Waals surface area contributed by atoms with Gasteiger partial charge in [0.15, 0.2) is 0 Å². The molecular weight excluding hydrogens is 341 g/mol. The predicted molar refractivity (Wildman–Crippen MR) is 79.5 cm³/mol. The van der Waals surface area contributed by atoms with Gasteiger partial charge in [-0.05, 0) is 41.5 Å². The molecule has 4 heteroatoms. The second-order valence-corrected chi connectivity index (χ2v) is 5.87. The summed E-state index contributed by atoms with van der Waals surface area (Å²) in [6.45, 7) is 1.41. The second kappa shape index (κ2) is 5.19. The summed E-state index contributed by atoms with van der Waals surface area (Å²) in [4.78, 5) is 0. The summed E-state index contributed by atoms with van der Waals surface area (Å²) in [5.74, 6) is 1.02. The summed E-state index contributed by atoms with van der Waals surface area (Å²) in [7, 11) is 1.73. The number of rotatable bonds is 5. The maximum absolute atomic E-state index is 6.01. The van der Waals surface area contributed by atoms with E-state index in [0.29, 0.717) is 12.6 Å². The van der Waals surface area contributed by atoms with Crippen LogP contribution in [0.25, 0.3) is 11.0 Å². The Labute approximate surface area is 120 Å². The Balaban J connectivity index is 1.98. The van der Waals surface area contributed by atoms with Crippen molar-refractivity contribution in [3.05, 3.63) is 33.1 Å². The van der Waals surface area contributed by atoms with Gasteiger partial charge >= 0.3 is 0 Å². The molecule has 0 amide bonds. The standard InChI is InChI=1S/C14H16INO2/c1-17-8-11-10-3-2-4-12(15)14(10)18-13(11)7-16-9-5-6-9/h2-4,9,16H,5-8H2,1H3. The normalized spacial score (nSPS) is 15.4. The average Bonchev–Trinajstić information content (AvgIpc) is 3.12. The molecule has 0 atom stereocenters. The van der Waals surface area contributed by atoms with Crippen LogP contribution in [-0.2, 0) is 17.9 Å². The monoisotopic (exact) mass is 357 g/mol. The predicted octanol–water partition coefficient (Wildman–Crippen LogP) is 3.44. The fraction of sp³-hybridized carbons (Fsp3) is 0.429. The maximum atomic E-state index is 6.01. The van der Waals surface area contributed by atoms with Crippen LogP contribution >= 0.6 is 22.6 Å². The molecule has 1 aliphatic rings. The third-order valence-electron chi connectivity index (χ3n) is 3.27. The first-order valence-electron chi connectivity index (χ1n) is 6.20. The van der Waals surface area contributed by atoms with Crippen molar-refractivity contribution in [3.8, 4) is 0 Å². The number of ether oxygens (including phenoxy) is 1. The second-order valence-electron chi connectivity index (χ2n) is 4.71. The zero-order valence-corrected chi connectivity index (χ0v) is 12.5. The van der Waals surface area contributed by atoms with Gasteiger partial charge in [-0.25, -0.2) is 0 Å². The van der Waals surface area contributed by atoms with E-state index in [9.17, 15) is 0 Å². The Morgan fingerprint density at radius 2 is 2.28 bits per heavy atom. The number of halogens is 1. The molecule has 1 N–H and O–H groups in total. The summed E-state index contributed by atoms with van der Waals surface area (Å²) >= 11 is 2.32. The minimum atomic E-state index is 0.606. The molecule has 1 aromatic heterocycles. The van der Waals surface area contributed by atoms with Crippen LogP contribution in [-0.4, -0.2) is 13.2 Å². The molecule has 1 fully saturated rings. The molecule has 1 aliphatic carbocycles. The van der Waals surface area contributed by atoms with Gasteiger partial charge in [0.25, 0.3) is 0 Å². The number of benzene rings is 1. The highest BCUT2D eigenvalue weighted by Crippen LogP contribution is 2.30. The molecule has 3 rings (SSSR count). The van der Waals surface area contributed by atoms with E-state index in [1.54, 1.807) is 7.11 Å². The Morgan fingerprint density at radius 3 is 3.00 bits per heavy atom. The number of fused-ring (bicyclic) bond motifs is 1. The van der Waals surface area contributed by atoms with Crippen LogP contribution in [0.2, 0.25) is 0 Å². The van der Waals surface area contributed by atoms with E-state index in [-0.39, 0.29) is 0 Å². The van der Waals surface area contributed by atoms with E-state index < -0.39 is 0 Å². The van der Waals surface area contributed by atoms with E-state index >= 15 is 0 Å². The number of hydrogen-bond donors (Lipinski definition) is 1. The number of hydrogen-bond acceptors (Lipinski definition) is 3. The SMILES string of the molecule is COCc1c(CNC2CC2)oc2c(I)cccc12. The molecule has 0 bridgehead atoms. The van der Waals surface area contributed by atoms with Crippen molar-refractivity contribution in [1.29, 1.82) is 0 Å². The lowest BCUT2D eigenvalue weighted by molar-refractivity contribution is 0.183. The van der Waals surface area contributed by atoms with Gasteiger partial charge in [0.1, 0.15) is 11.3 Å². The van der Waals surface area contributed by atoms with Crippen molar-refractivity contribution >= 4 is 33.6 Å². The van der Waals surface area contributed by atoms with Crippen molar-refractivity contribution in [2.24, 2.45) is 0 Å². The molecule has 0 saturated heterocycles. The Bertz CT molecular complexity index is 560. The van der Waals surface area contributed by atoms with E-state index in [0.717, 1.165) is 21.5 Å². The van der Waals surface area contributed by atoms with Gasteiger partial charge in [0.05, 0.1) is 16.7 Å². The quantitative estimate of drug-likeness (QED) is 0.833. The molecule has 0 radical (unpaired) electrons. The van der Waals surface area contributed by atoms with Crippen LogP contribution in [0.5, 0.6) is 0 Å². The molecule has 0 unspecified atom stereocenters. The zero-order valence-electron chi connectivity index (χ0n) is 10.3. The summed E-state index contributed by atoms with van der Waals surface area (Å²) in [6, 6.07) is 6.93. The number of nitrogens with one attached hydrogen (secondary N) is 1. The smallest absolute Gasteiger partial charge is 0.148 e. The van der Waals surface area contributed by atoms with Crippen molar-refractivity contribution in [2.75, 3.05) is 7.11 Å². The third-order valence-corrected chi connectivity index (χ3v) is 4.12. The van der Waals surface area contributed by atoms with Gasteiger partial charge in [-0.1, -0.05) is 12.1 Å². The number of furan rings is 1. The molecule has 0 aliphatic heterocycles. The van der Waals surface area contributed by atoms with Crippen LogP contribution in [0.15, 0.2) is 22.6 Å². The summed E-state index contributed by atoms with van der Waals surface area (Å²) < 4.78 is 12.5. The van der Waals surface area contributed by atoms with Crippen LogP contribution in [0.4, 0.5) is 0 Å². The zero-order chi connectivity index (χ0) is 12.5. The van der Waals surface area contributed by atoms with Gasteiger partial charge in [-0.3, -0.25) is 0 Å². The highest BCUT2D eigenvalue weighted by Gasteiger charge is 2.22. The highest BCUT2D eigenvalue weighted by molar-refractivity contribution is 14.1. The Morgan fingerprint density at radius 1 is 1.44 bits per heavy atom. The minimum absolute atomic E-state index is 0.606. The van der Waals surface area contributed by atoms with Crippen LogP contribution in [0.3, 0.4) is 0 Å². The third kappa shape index (κ3) is 2.41. The van der Waals surface area contributed by atoms with E-state index in [2.05, 4.69) is 46.1 Å². The molecule has 2 aromatic rings. The van der Waals surface area contributed by atoms with Crippen molar-refractivity contribution in [3.63, 3.8) is 0 Å². The maximum Gasteiger partial charge on any atom is 0.148 e. The molecule has 1 aromatic carbocycles. The van der Waals surface area contributed by atoms with Crippen LogP contribution in [0, 0.1) is 3.57 Å². The summed E-state index contributed by atoms with van der Waals surface area (Å²) in [6.07, 6.45) is 2.58. The molecule has 0 spiro atoms. The minimum Gasteiger partial charge on any atom is -0.458 e. The van der Waals surface area contributed by atoms with E-state index in [4.69, 9.17) is 9.15 Å². The van der Waals surface area contributed by atoms with E-state index in [1.165, 1.54) is 23.8 Å². The molecular formula is C14H16INO2. The van der Waals surface area contributed by atoms with Crippen LogP contribution in [0.1, 0.15) is 24.2 Å². The van der Waals surface area contributed by atoms with Crippen molar-refractivity contribution < 1.29 is 9.15 Å². The first kappa shape index (κ1) is 12.4. The van der Waals surface area contributed by atoms with Crippen molar-refractivity contribution in [2.45, 2.75) is 32.0 Å². The molecule has 3 nitrogen and oxygen atoms in total. The molecule has 1 saturated carbocycles. The summed E-state index contributed by atoms with van der Waals surface area (Å²) in [5.41, 5.74) is 2.16.